The lowest BCUT2D eigenvalue weighted by Gasteiger charge is -2.21. The standard InChI is InChI=1S/C36H35Cl2N7O4/c1-22-17-29(42-19-24-7-4-5-16-40-24)25-8-6-9-31(35(25)44-22)49-21-26-27(37)12-14-30(34(26)38)45(3)33(47)20-43-32(46)15-11-23-10-13-28(41-18-23)36(48)39-2/h4-10,12-14,16-18H,11,15,19-21H2,1-3H3,(H,39,48)(H,42,44)(H,43,46). The second kappa shape index (κ2) is 16.2. The van der Waals surface area contributed by atoms with Gasteiger partial charge in [-0.05, 0) is 61.4 Å². The molecule has 2 aromatic carbocycles. The molecule has 0 saturated heterocycles. The van der Waals surface area contributed by atoms with Crippen molar-refractivity contribution in [1.29, 1.82) is 0 Å². The summed E-state index contributed by atoms with van der Waals surface area (Å²) in [5, 5.41) is 10.1. The quantitative estimate of drug-likeness (QED) is 0.138. The van der Waals surface area contributed by atoms with E-state index in [-0.39, 0.29) is 42.3 Å². The van der Waals surface area contributed by atoms with Gasteiger partial charge in [0, 0.05) is 60.3 Å². The van der Waals surface area contributed by atoms with Gasteiger partial charge < -0.3 is 25.6 Å². The van der Waals surface area contributed by atoms with Gasteiger partial charge in [0.1, 0.15) is 23.6 Å². The molecule has 0 aliphatic rings. The van der Waals surface area contributed by atoms with Gasteiger partial charge in [0.05, 0.1) is 29.5 Å². The SMILES string of the molecule is CNC(=O)c1ccc(CCC(=O)NCC(=O)N(C)c2ccc(Cl)c(COc3cccc4c(NCc5ccccn5)cc(C)nc34)c2Cl)cn1. The molecule has 3 N–H and O–H groups in total. The molecule has 0 bridgehead atoms. The third kappa shape index (κ3) is 8.81. The van der Waals surface area contributed by atoms with Crippen molar-refractivity contribution in [3.05, 3.63) is 117 Å². The van der Waals surface area contributed by atoms with Crippen molar-refractivity contribution < 1.29 is 19.1 Å². The van der Waals surface area contributed by atoms with Gasteiger partial charge in [0.2, 0.25) is 11.8 Å². The van der Waals surface area contributed by atoms with Gasteiger partial charge in [-0.15, -0.1) is 0 Å². The number of carbonyl (C=O) groups is 3. The maximum Gasteiger partial charge on any atom is 0.269 e. The lowest BCUT2D eigenvalue weighted by atomic mass is 10.1. The number of hydrogen-bond donors (Lipinski definition) is 3. The number of anilines is 2. The molecule has 3 aromatic heterocycles. The number of aryl methyl sites for hydroxylation is 2. The molecule has 0 aliphatic heterocycles. The fourth-order valence-corrected chi connectivity index (χ4v) is 5.64. The number of amides is 3. The molecule has 252 valence electrons. The first-order valence-corrected chi connectivity index (χ1v) is 16.2. The van der Waals surface area contributed by atoms with Crippen LogP contribution in [0.2, 0.25) is 10.0 Å². The van der Waals surface area contributed by atoms with Gasteiger partial charge in [-0.3, -0.25) is 24.4 Å². The van der Waals surface area contributed by atoms with Gasteiger partial charge in [-0.1, -0.05) is 47.5 Å². The van der Waals surface area contributed by atoms with Crippen LogP contribution < -0.4 is 25.6 Å². The average molecular weight is 701 g/mol. The maximum atomic E-state index is 13.1. The zero-order valence-corrected chi connectivity index (χ0v) is 28.7. The molecule has 0 fully saturated rings. The second-order valence-electron chi connectivity index (χ2n) is 11.1. The number of benzene rings is 2. The van der Waals surface area contributed by atoms with Crippen LogP contribution >= 0.6 is 23.2 Å². The molecular formula is C36H35Cl2N7O4. The van der Waals surface area contributed by atoms with Gasteiger partial charge in [-0.25, -0.2) is 4.98 Å². The Morgan fingerprint density at radius 1 is 0.980 bits per heavy atom. The molecule has 0 saturated carbocycles. The normalized spacial score (nSPS) is 10.8. The molecule has 0 spiro atoms. The van der Waals surface area contributed by atoms with Crippen molar-refractivity contribution in [1.82, 2.24) is 25.6 Å². The largest absolute Gasteiger partial charge is 0.487 e. The lowest BCUT2D eigenvalue weighted by Crippen LogP contribution is -2.38. The highest BCUT2D eigenvalue weighted by Gasteiger charge is 2.20. The topological polar surface area (TPSA) is 138 Å². The Balaban J connectivity index is 1.21. The second-order valence-corrected chi connectivity index (χ2v) is 11.9. The Labute approximate surface area is 294 Å². The van der Waals surface area contributed by atoms with Crippen LogP contribution in [0.25, 0.3) is 10.9 Å². The molecular weight excluding hydrogens is 665 g/mol. The van der Waals surface area contributed by atoms with Crippen molar-refractivity contribution in [2.75, 3.05) is 30.9 Å². The van der Waals surface area contributed by atoms with Crippen LogP contribution in [0.1, 0.15) is 39.4 Å². The van der Waals surface area contributed by atoms with E-state index in [4.69, 9.17) is 32.9 Å². The number of hydrogen-bond acceptors (Lipinski definition) is 8. The molecule has 0 radical (unpaired) electrons. The molecule has 0 atom stereocenters. The number of carbonyl (C=O) groups excluding carboxylic acids is 3. The summed E-state index contributed by atoms with van der Waals surface area (Å²) in [5.41, 5.74) is 5.30. The third-order valence-corrected chi connectivity index (χ3v) is 8.53. The van der Waals surface area contributed by atoms with Crippen molar-refractivity contribution in [2.45, 2.75) is 32.9 Å². The lowest BCUT2D eigenvalue weighted by molar-refractivity contribution is -0.124. The van der Waals surface area contributed by atoms with Gasteiger partial charge >= 0.3 is 0 Å². The highest BCUT2D eigenvalue weighted by Crippen LogP contribution is 2.36. The number of halogens is 2. The predicted molar refractivity (Wildman–Crippen MR) is 191 cm³/mol. The fourth-order valence-electron chi connectivity index (χ4n) is 5.04. The van der Waals surface area contributed by atoms with E-state index < -0.39 is 0 Å². The van der Waals surface area contributed by atoms with Gasteiger partial charge in [0.15, 0.2) is 0 Å². The summed E-state index contributed by atoms with van der Waals surface area (Å²) in [4.78, 5) is 51.8. The van der Waals surface area contributed by atoms with E-state index in [0.717, 1.165) is 28.0 Å². The summed E-state index contributed by atoms with van der Waals surface area (Å²) >= 11 is 13.4. The maximum absolute atomic E-state index is 13.1. The Kier molecular flexibility index (Phi) is 11.6. The average Bonchev–Trinajstić information content (AvgIpc) is 3.12. The first kappa shape index (κ1) is 35.1. The van der Waals surface area contributed by atoms with Crippen LogP contribution in [0.5, 0.6) is 5.75 Å². The van der Waals surface area contributed by atoms with Crippen LogP contribution in [-0.2, 0) is 29.2 Å². The third-order valence-electron chi connectivity index (χ3n) is 7.75. The molecule has 13 heteroatoms. The van der Waals surface area contributed by atoms with Crippen molar-refractivity contribution in [2.24, 2.45) is 0 Å². The fraction of sp³-hybridized carbons (Fsp3) is 0.222. The van der Waals surface area contributed by atoms with Crippen molar-refractivity contribution in [3.63, 3.8) is 0 Å². The number of ether oxygens (including phenoxy) is 1. The van der Waals surface area contributed by atoms with Crippen LogP contribution in [0.3, 0.4) is 0 Å². The Morgan fingerprint density at radius 3 is 2.55 bits per heavy atom. The molecule has 0 unspecified atom stereocenters. The number of rotatable bonds is 13. The minimum atomic E-state index is -0.375. The van der Waals surface area contributed by atoms with E-state index >= 15 is 0 Å². The van der Waals surface area contributed by atoms with E-state index in [2.05, 4.69) is 25.9 Å². The van der Waals surface area contributed by atoms with Crippen LogP contribution in [0.4, 0.5) is 11.4 Å². The minimum Gasteiger partial charge on any atom is -0.487 e. The zero-order valence-electron chi connectivity index (χ0n) is 27.2. The number of aromatic nitrogens is 3. The summed E-state index contributed by atoms with van der Waals surface area (Å²) in [5.74, 6) is -0.419. The summed E-state index contributed by atoms with van der Waals surface area (Å²) in [7, 11) is 3.10. The molecule has 11 nitrogen and oxygen atoms in total. The molecule has 3 heterocycles. The monoisotopic (exact) mass is 699 g/mol. The first-order valence-electron chi connectivity index (χ1n) is 15.5. The number of pyridine rings is 3. The predicted octanol–water partition coefficient (Wildman–Crippen LogP) is 5.90. The van der Waals surface area contributed by atoms with Crippen molar-refractivity contribution in [3.8, 4) is 5.75 Å². The molecule has 49 heavy (non-hydrogen) atoms. The summed E-state index contributed by atoms with van der Waals surface area (Å²) in [6, 6.07) is 20.1. The number of likely N-dealkylation sites (N-methyl/N-ethyl adjacent to an activating group) is 1. The van der Waals surface area contributed by atoms with E-state index in [0.29, 0.717) is 46.2 Å². The number of fused-ring (bicyclic) bond motifs is 1. The van der Waals surface area contributed by atoms with Crippen LogP contribution in [0.15, 0.2) is 79.1 Å². The van der Waals surface area contributed by atoms with Gasteiger partial charge in [0.25, 0.3) is 5.91 Å². The molecule has 5 aromatic rings. The number of para-hydroxylation sites is 1. The van der Waals surface area contributed by atoms with E-state index in [1.54, 1.807) is 43.7 Å². The van der Waals surface area contributed by atoms with Crippen LogP contribution in [0, 0.1) is 6.92 Å². The smallest absolute Gasteiger partial charge is 0.269 e. The number of nitrogens with zero attached hydrogens (tertiary/aromatic N) is 4. The van der Waals surface area contributed by atoms with E-state index in [1.807, 2.05) is 49.4 Å². The Hall–Kier alpha value is -5.26. The highest BCUT2D eigenvalue weighted by molar-refractivity contribution is 6.38. The summed E-state index contributed by atoms with van der Waals surface area (Å²) in [6.45, 7) is 2.26. The Morgan fingerprint density at radius 2 is 1.82 bits per heavy atom. The number of nitrogens with one attached hydrogen (secondary N) is 3. The molecule has 0 aliphatic carbocycles. The van der Waals surface area contributed by atoms with Crippen molar-refractivity contribution >= 4 is 63.2 Å². The first-order chi connectivity index (χ1) is 23.6. The van der Waals surface area contributed by atoms with E-state index in [1.165, 1.54) is 11.9 Å². The highest BCUT2D eigenvalue weighted by atomic mass is 35.5. The van der Waals surface area contributed by atoms with Crippen LogP contribution in [-0.4, -0.2) is 53.3 Å². The Bertz CT molecular complexity index is 1980. The molecule has 3 amide bonds. The zero-order chi connectivity index (χ0) is 34.9. The summed E-state index contributed by atoms with van der Waals surface area (Å²) < 4.78 is 6.25. The molecule has 5 rings (SSSR count). The van der Waals surface area contributed by atoms with Gasteiger partial charge in [-0.2, -0.15) is 0 Å². The summed E-state index contributed by atoms with van der Waals surface area (Å²) in [6.07, 6.45) is 3.86. The van der Waals surface area contributed by atoms with E-state index in [9.17, 15) is 14.4 Å². The minimum absolute atomic E-state index is 0.0225.